The number of benzene rings is 2. The fraction of sp³-hybridized carbons (Fsp3) is 0.292. The Labute approximate surface area is 195 Å². The van der Waals surface area contributed by atoms with E-state index in [1.807, 2.05) is 31.2 Å². The van der Waals surface area contributed by atoms with Gasteiger partial charge in [-0.05, 0) is 36.2 Å². The van der Waals surface area contributed by atoms with Crippen molar-refractivity contribution in [3.63, 3.8) is 0 Å². The Morgan fingerprint density at radius 2 is 1.97 bits per heavy atom. The van der Waals surface area contributed by atoms with Gasteiger partial charge in [0.2, 0.25) is 0 Å². The number of ether oxygens (including phenoxy) is 1. The molecule has 172 valence electrons. The lowest BCUT2D eigenvalue weighted by Gasteiger charge is -2.14. The summed E-state index contributed by atoms with van der Waals surface area (Å²) >= 11 is 0. The van der Waals surface area contributed by atoms with Crippen molar-refractivity contribution < 1.29 is 18.8 Å². The molecule has 1 saturated heterocycles. The maximum atomic E-state index is 15.0. The Morgan fingerprint density at radius 3 is 2.68 bits per heavy atom. The van der Waals surface area contributed by atoms with Gasteiger partial charge in [0.1, 0.15) is 18.0 Å². The Morgan fingerprint density at radius 1 is 1.18 bits per heavy atom. The third-order valence-corrected chi connectivity index (χ3v) is 5.76. The molecule has 2 atom stereocenters. The van der Waals surface area contributed by atoms with Crippen LogP contribution in [0.25, 0.3) is 11.1 Å². The van der Waals surface area contributed by atoms with Gasteiger partial charge < -0.3 is 9.57 Å². The molecule has 3 heterocycles. The van der Waals surface area contributed by atoms with Crippen molar-refractivity contribution >= 4 is 17.5 Å². The van der Waals surface area contributed by atoms with Gasteiger partial charge in [-0.2, -0.15) is 5.26 Å². The minimum Gasteiger partial charge on any atom is -0.442 e. The normalized spacial score (nSPS) is 19.5. The first kappa shape index (κ1) is 21.6. The van der Waals surface area contributed by atoms with E-state index in [9.17, 15) is 4.79 Å². The maximum absolute atomic E-state index is 15.0. The van der Waals surface area contributed by atoms with Crippen molar-refractivity contribution in [3.8, 4) is 17.2 Å². The summed E-state index contributed by atoms with van der Waals surface area (Å²) in [5.74, 6) is -0.441. The molecule has 2 aliphatic heterocycles. The number of anilines is 1. The second kappa shape index (κ2) is 8.94. The zero-order valence-electron chi connectivity index (χ0n) is 18.4. The van der Waals surface area contributed by atoms with Crippen molar-refractivity contribution in [2.45, 2.75) is 38.5 Å². The summed E-state index contributed by atoms with van der Waals surface area (Å²) in [5.41, 5.74) is 3.97. The van der Waals surface area contributed by atoms with Crippen LogP contribution in [0, 0.1) is 24.1 Å². The molecule has 3 aromatic rings. The van der Waals surface area contributed by atoms with Crippen LogP contribution in [0.1, 0.15) is 24.1 Å². The van der Waals surface area contributed by atoms with Crippen LogP contribution in [0.4, 0.5) is 14.9 Å². The highest BCUT2D eigenvalue weighted by Gasteiger charge is 2.33. The number of aromatic nitrogens is 3. The second-order valence-corrected chi connectivity index (χ2v) is 8.27. The lowest BCUT2D eigenvalue weighted by atomic mass is 9.99. The minimum atomic E-state index is -0.521. The largest absolute Gasteiger partial charge is 0.442 e. The molecule has 0 saturated carbocycles. The van der Waals surface area contributed by atoms with Crippen LogP contribution in [-0.4, -0.2) is 45.6 Å². The minimum absolute atomic E-state index is 0.220. The molecular weight excluding hydrogens is 439 g/mol. The molecule has 1 amide bonds. The van der Waals surface area contributed by atoms with E-state index in [1.54, 1.807) is 23.0 Å². The number of cyclic esters (lactones) is 1. The van der Waals surface area contributed by atoms with Crippen LogP contribution >= 0.6 is 0 Å². The molecule has 0 N–H and O–H groups in total. The van der Waals surface area contributed by atoms with Crippen LogP contribution in [0.5, 0.6) is 0 Å². The van der Waals surface area contributed by atoms with Gasteiger partial charge in [-0.25, -0.2) is 13.9 Å². The average Bonchev–Trinajstić information content (AvgIpc) is 3.55. The van der Waals surface area contributed by atoms with E-state index < -0.39 is 18.0 Å². The molecule has 2 aliphatic rings. The molecule has 0 spiro atoms. The number of hydrogen-bond donors (Lipinski definition) is 0. The number of aryl methyl sites for hydroxylation is 1. The molecule has 9 nitrogen and oxygen atoms in total. The van der Waals surface area contributed by atoms with E-state index in [-0.39, 0.29) is 12.5 Å². The molecule has 10 heteroatoms. The van der Waals surface area contributed by atoms with Crippen LogP contribution in [0.2, 0.25) is 0 Å². The Bertz CT molecular complexity index is 1300. The molecule has 1 aromatic heterocycles. The van der Waals surface area contributed by atoms with Crippen molar-refractivity contribution in [2.24, 2.45) is 5.16 Å². The maximum Gasteiger partial charge on any atom is 0.414 e. The van der Waals surface area contributed by atoms with Gasteiger partial charge in [-0.1, -0.05) is 34.6 Å². The van der Waals surface area contributed by atoms with Crippen LogP contribution in [-0.2, 0) is 16.1 Å². The molecule has 0 aliphatic carbocycles. The summed E-state index contributed by atoms with van der Waals surface area (Å²) < 4.78 is 22.1. The summed E-state index contributed by atoms with van der Waals surface area (Å²) in [7, 11) is 0. The fourth-order valence-electron chi connectivity index (χ4n) is 4.08. The highest BCUT2D eigenvalue weighted by molar-refractivity contribution is 6.01. The number of nitriles is 1. The highest BCUT2D eigenvalue weighted by atomic mass is 19.1. The number of rotatable bonds is 6. The molecule has 2 aromatic carbocycles. The quantitative estimate of drug-likeness (QED) is 0.554. The first-order valence-corrected chi connectivity index (χ1v) is 10.8. The first-order chi connectivity index (χ1) is 16.5. The van der Waals surface area contributed by atoms with Gasteiger partial charge in [-0.3, -0.25) is 4.90 Å². The Hall–Kier alpha value is -4.26. The topological polar surface area (TPSA) is 106 Å². The number of halogens is 1. The highest BCUT2D eigenvalue weighted by Crippen LogP contribution is 2.30. The lowest BCUT2D eigenvalue weighted by Crippen LogP contribution is -2.26. The van der Waals surface area contributed by atoms with Crippen LogP contribution in [0.3, 0.4) is 0 Å². The number of oxime groups is 1. The smallest absolute Gasteiger partial charge is 0.414 e. The summed E-state index contributed by atoms with van der Waals surface area (Å²) in [4.78, 5) is 19.0. The van der Waals surface area contributed by atoms with Crippen molar-refractivity contribution in [2.75, 3.05) is 11.4 Å². The van der Waals surface area contributed by atoms with Crippen molar-refractivity contribution in [1.82, 2.24) is 15.0 Å². The van der Waals surface area contributed by atoms with Gasteiger partial charge in [0.15, 0.2) is 0 Å². The van der Waals surface area contributed by atoms with E-state index in [0.717, 1.165) is 17.0 Å². The monoisotopic (exact) mass is 460 g/mol. The van der Waals surface area contributed by atoms with Gasteiger partial charge in [0.25, 0.3) is 0 Å². The molecule has 0 radical (unpaired) electrons. The molecule has 5 rings (SSSR count). The number of amides is 1. The summed E-state index contributed by atoms with van der Waals surface area (Å²) in [6.07, 6.45) is 1.48. The van der Waals surface area contributed by atoms with Crippen LogP contribution < -0.4 is 4.90 Å². The zero-order chi connectivity index (χ0) is 23.7. The number of carbonyl (C=O) groups is 1. The third kappa shape index (κ3) is 4.32. The SMILES string of the molecule is Cc1cn(C[C@H]2CN(c3ccc(-c4ccc(C5=NOC(CC#N)C5)cc4)c(F)c3)C(=O)O2)nn1. The molecular formula is C24H21FN6O3. The summed E-state index contributed by atoms with van der Waals surface area (Å²) in [6.45, 7) is 2.50. The predicted molar refractivity (Wildman–Crippen MR) is 120 cm³/mol. The number of hydrogen-bond acceptors (Lipinski definition) is 7. The molecule has 1 fully saturated rings. The van der Waals surface area contributed by atoms with E-state index >= 15 is 4.39 Å². The molecule has 0 bridgehead atoms. The van der Waals surface area contributed by atoms with Gasteiger partial charge in [0.05, 0.1) is 42.7 Å². The van der Waals surface area contributed by atoms with Crippen molar-refractivity contribution in [3.05, 3.63) is 65.7 Å². The van der Waals surface area contributed by atoms with E-state index in [4.69, 9.17) is 14.8 Å². The molecule has 34 heavy (non-hydrogen) atoms. The standard InChI is InChI=1S/C24H21FN6O3/c1-15-12-30(29-27-15)13-20-14-31(24(32)33-20)18-6-7-21(22(25)10-18)16-2-4-17(5-3-16)23-11-19(8-9-26)34-28-23/h2-7,10,12,19-20H,8,11,13-14H2,1H3/t19?,20-/m0/s1. The van der Waals surface area contributed by atoms with Gasteiger partial charge in [-0.15, -0.1) is 5.10 Å². The predicted octanol–water partition coefficient (Wildman–Crippen LogP) is 3.82. The lowest BCUT2D eigenvalue weighted by molar-refractivity contribution is 0.0891. The van der Waals surface area contributed by atoms with Crippen molar-refractivity contribution in [1.29, 1.82) is 5.26 Å². The van der Waals surface area contributed by atoms with E-state index in [0.29, 0.717) is 36.3 Å². The summed E-state index contributed by atoms with van der Waals surface area (Å²) in [5, 5.41) is 20.8. The second-order valence-electron chi connectivity index (χ2n) is 8.27. The van der Waals surface area contributed by atoms with Crippen LogP contribution in [0.15, 0.2) is 53.8 Å². The van der Waals surface area contributed by atoms with Gasteiger partial charge >= 0.3 is 6.09 Å². The Kier molecular flexibility index (Phi) is 5.67. The fourth-order valence-corrected chi connectivity index (χ4v) is 4.08. The number of carbonyl (C=O) groups excluding carboxylic acids is 1. The van der Waals surface area contributed by atoms with Gasteiger partial charge in [0, 0.05) is 18.2 Å². The van der Waals surface area contributed by atoms with E-state index in [2.05, 4.69) is 21.5 Å². The first-order valence-electron chi connectivity index (χ1n) is 10.8. The Balaban J connectivity index is 1.27. The third-order valence-electron chi connectivity index (χ3n) is 5.76. The molecule has 1 unspecified atom stereocenters. The number of nitrogens with zero attached hydrogens (tertiary/aromatic N) is 6. The van der Waals surface area contributed by atoms with E-state index in [1.165, 1.54) is 11.0 Å². The average molecular weight is 460 g/mol. The zero-order valence-corrected chi connectivity index (χ0v) is 18.4. The summed E-state index contributed by atoms with van der Waals surface area (Å²) in [6, 6.07) is 14.1.